The normalized spacial score (nSPS) is 20.9. The van der Waals surface area contributed by atoms with E-state index in [9.17, 15) is 13.0 Å². The third kappa shape index (κ3) is 3.32. The van der Waals surface area contributed by atoms with E-state index >= 15 is 0 Å². The van der Waals surface area contributed by atoms with Crippen LogP contribution >= 0.6 is 11.6 Å². The first kappa shape index (κ1) is 19.0. The van der Waals surface area contributed by atoms with Gasteiger partial charge >= 0.3 is 0 Å². The van der Waals surface area contributed by atoms with Crippen LogP contribution in [-0.4, -0.2) is 54.6 Å². The van der Waals surface area contributed by atoms with Crippen molar-refractivity contribution >= 4 is 39.6 Å². The van der Waals surface area contributed by atoms with Crippen LogP contribution in [0.25, 0.3) is 11.0 Å². The van der Waals surface area contributed by atoms with E-state index in [1.165, 1.54) is 10.6 Å². The zero-order valence-electron chi connectivity index (χ0n) is 15.0. The summed E-state index contributed by atoms with van der Waals surface area (Å²) in [5, 5.41) is 6.00. The summed E-state index contributed by atoms with van der Waals surface area (Å²) in [5.74, 6) is -2.11. The number of aryl methyl sites for hydroxylation is 1. The summed E-state index contributed by atoms with van der Waals surface area (Å²) in [6.45, 7) is 1.77. The molecule has 1 aliphatic carbocycles. The highest BCUT2D eigenvalue weighted by Crippen LogP contribution is 2.52. The monoisotopic (exact) mass is 418 g/mol. The quantitative estimate of drug-likeness (QED) is 0.806. The van der Waals surface area contributed by atoms with Gasteiger partial charge in [0.25, 0.3) is 5.92 Å². The number of nitrogens with zero attached hydrogens (tertiary/aromatic N) is 5. The van der Waals surface area contributed by atoms with E-state index in [4.69, 9.17) is 16.7 Å². The first-order valence-electron chi connectivity index (χ1n) is 8.60. The second-order valence-corrected chi connectivity index (χ2v) is 9.25. The summed E-state index contributed by atoms with van der Waals surface area (Å²) >= 11 is 4.31. The molecule has 2 aromatic rings. The molecule has 1 atom stereocenters. The van der Waals surface area contributed by atoms with Gasteiger partial charge in [-0.05, 0) is 12.8 Å². The second kappa shape index (κ2) is 6.33. The van der Waals surface area contributed by atoms with Crippen LogP contribution in [0, 0.1) is 5.41 Å². The summed E-state index contributed by atoms with van der Waals surface area (Å²) in [5.41, 5.74) is 1.63. The Morgan fingerprint density at radius 2 is 2.11 bits per heavy atom. The van der Waals surface area contributed by atoms with Crippen molar-refractivity contribution in [2.24, 2.45) is 17.6 Å². The van der Waals surface area contributed by atoms with Crippen LogP contribution in [0.2, 0.25) is 5.02 Å². The van der Waals surface area contributed by atoms with Gasteiger partial charge in [-0.15, -0.1) is 0 Å². The van der Waals surface area contributed by atoms with E-state index in [0.717, 1.165) is 31.3 Å². The molecule has 2 fully saturated rings. The van der Waals surface area contributed by atoms with Gasteiger partial charge in [-0.3, -0.25) is 0 Å². The van der Waals surface area contributed by atoms with E-state index < -0.39 is 23.6 Å². The number of rotatable bonds is 5. The molecule has 0 radical (unpaired) electrons. The van der Waals surface area contributed by atoms with Crippen molar-refractivity contribution in [3.05, 3.63) is 17.5 Å². The number of halogens is 3. The molecule has 1 unspecified atom stereocenters. The topological polar surface area (TPSA) is 80.3 Å². The Bertz CT molecular complexity index is 902. The Morgan fingerprint density at radius 3 is 2.70 bits per heavy atom. The van der Waals surface area contributed by atoms with Crippen molar-refractivity contribution in [2.45, 2.75) is 31.7 Å². The van der Waals surface area contributed by atoms with Gasteiger partial charge < -0.3 is 9.47 Å². The molecule has 27 heavy (non-hydrogen) atoms. The van der Waals surface area contributed by atoms with Gasteiger partial charge in [-0.1, -0.05) is 11.6 Å². The van der Waals surface area contributed by atoms with Crippen molar-refractivity contribution in [1.82, 2.24) is 18.8 Å². The fourth-order valence-corrected chi connectivity index (χ4v) is 5.41. The lowest BCUT2D eigenvalue weighted by molar-refractivity contribution is -0.0398. The number of fused-ring (bicyclic) bond motifs is 1. The molecule has 1 saturated heterocycles. The third-order valence-electron chi connectivity index (χ3n) is 5.45. The largest absolute Gasteiger partial charge is 0.354 e. The van der Waals surface area contributed by atoms with E-state index in [2.05, 4.69) is 14.9 Å². The molecule has 3 heterocycles. The van der Waals surface area contributed by atoms with Crippen molar-refractivity contribution in [3.63, 3.8) is 0 Å². The molecule has 2 N–H and O–H groups in total. The molecular weight excluding hydrogens is 398 g/mol. The first-order chi connectivity index (χ1) is 12.6. The number of hydrogen-bond acceptors (Lipinski definition) is 4. The van der Waals surface area contributed by atoms with Crippen LogP contribution < -0.4 is 10.0 Å². The molecule has 148 valence electrons. The molecule has 0 aromatic carbocycles. The zero-order chi connectivity index (χ0) is 19.6. The van der Waals surface area contributed by atoms with Crippen molar-refractivity contribution < 1.29 is 13.0 Å². The average molecular weight is 419 g/mol. The van der Waals surface area contributed by atoms with Crippen molar-refractivity contribution in [1.29, 1.82) is 0 Å². The van der Waals surface area contributed by atoms with Gasteiger partial charge in [0.1, 0.15) is 17.4 Å². The number of nitrogens with two attached hydrogens (primary N) is 1. The third-order valence-corrected chi connectivity index (χ3v) is 6.62. The Kier molecular flexibility index (Phi) is 4.45. The van der Waals surface area contributed by atoms with Crippen LogP contribution in [0.4, 0.5) is 14.6 Å². The highest BCUT2D eigenvalue weighted by Gasteiger charge is 2.55. The van der Waals surface area contributed by atoms with Crippen LogP contribution in [0.1, 0.15) is 19.8 Å². The smallest absolute Gasteiger partial charge is 0.258 e. The first-order valence-corrected chi connectivity index (χ1v) is 10.1. The van der Waals surface area contributed by atoms with Gasteiger partial charge in [-0.2, -0.15) is 0 Å². The number of hydrogen-bond donors (Lipinski definition) is 1. The predicted octanol–water partition coefficient (Wildman–Crippen LogP) is 2.09. The van der Waals surface area contributed by atoms with E-state index in [1.54, 1.807) is 6.20 Å². The Labute approximate surface area is 163 Å². The van der Waals surface area contributed by atoms with Crippen LogP contribution in [0.5, 0.6) is 0 Å². The average Bonchev–Trinajstić information content (AvgIpc) is 2.77. The fraction of sp³-hybridized carbons (Fsp3) is 0.625. The van der Waals surface area contributed by atoms with Crippen LogP contribution in [0.3, 0.4) is 0 Å². The lowest BCUT2D eigenvalue weighted by Crippen LogP contribution is -2.67. The van der Waals surface area contributed by atoms with Gasteiger partial charge in [-0.25, -0.2) is 32.4 Å². The van der Waals surface area contributed by atoms with E-state index in [0.29, 0.717) is 23.4 Å². The zero-order valence-corrected chi connectivity index (χ0v) is 16.6. The maximum absolute atomic E-state index is 13.3. The fourth-order valence-electron chi connectivity index (χ4n) is 4.32. The maximum atomic E-state index is 13.3. The summed E-state index contributed by atoms with van der Waals surface area (Å²) in [4.78, 5) is 10.8. The van der Waals surface area contributed by atoms with Crippen LogP contribution in [0.15, 0.2) is 12.5 Å². The molecule has 0 amide bonds. The minimum atomic E-state index is -2.93. The number of alkyl halides is 2. The van der Waals surface area contributed by atoms with Crippen molar-refractivity contribution in [3.8, 4) is 0 Å². The SMILES string of the molecule is Cn1cc(Cl)c2ncnc(N3CC4(CC(N(CC(C)(F)F)S(N)=O)C4)C3)c21. The molecule has 1 saturated carbocycles. The second-order valence-electron chi connectivity index (χ2n) is 7.82. The number of anilines is 1. The minimum absolute atomic E-state index is 0.0392. The molecule has 2 aliphatic rings. The Morgan fingerprint density at radius 1 is 1.44 bits per heavy atom. The summed E-state index contributed by atoms with van der Waals surface area (Å²) in [6.07, 6.45) is 4.70. The van der Waals surface area contributed by atoms with Crippen LogP contribution in [-0.2, 0) is 18.2 Å². The highest BCUT2D eigenvalue weighted by molar-refractivity contribution is 7.80. The Hall–Kier alpha value is -1.36. The summed E-state index contributed by atoms with van der Waals surface area (Å²) < 4.78 is 41.5. The molecule has 11 heteroatoms. The molecule has 2 aromatic heterocycles. The molecule has 4 rings (SSSR count). The molecular formula is C16H21ClF2N6OS. The molecule has 7 nitrogen and oxygen atoms in total. The van der Waals surface area contributed by atoms with Gasteiger partial charge in [0, 0.05) is 44.7 Å². The van der Waals surface area contributed by atoms with E-state index in [1.807, 2.05) is 11.6 Å². The maximum Gasteiger partial charge on any atom is 0.258 e. The van der Waals surface area contributed by atoms with Crippen molar-refractivity contribution in [2.75, 3.05) is 24.5 Å². The van der Waals surface area contributed by atoms with E-state index in [-0.39, 0.29) is 11.5 Å². The molecule has 1 aliphatic heterocycles. The summed E-state index contributed by atoms with van der Waals surface area (Å²) in [6, 6.07) is -0.182. The standard InChI is InChI=1S/C16H21ClF2N6OS/c1-15(18,19)6-25(27(20)26)10-3-16(4-10)7-24(8-16)14-13-12(21-9-22-14)11(17)5-23(13)2/h5,9-10H,3-4,6-8,20H2,1-2H3. The lowest BCUT2D eigenvalue weighted by atomic mass is 9.60. The summed E-state index contributed by atoms with van der Waals surface area (Å²) in [7, 11) is 1.90. The minimum Gasteiger partial charge on any atom is -0.354 e. The number of aromatic nitrogens is 3. The predicted molar refractivity (Wildman–Crippen MR) is 101 cm³/mol. The molecule has 1 spiro atoms. The lowest BCUT2D eigenvalue weighted by Gasteiger charge is -2.60. The molecule has 0 bridgehead atoms. The highest BCUT2D eigenvalue weighted by atomic mass is 35.5. The Balaban J connectivity index is 1.45. The van der Waals surface area contributed by atoms with Gasteiger partial charge in [0.15, 0.2) is 17.0 Å². The van der Waals surface area contributed by atoms with Gasteiger partial charge in [0.05, 0.1) is 11.6 Å². The van der Waals surface area contributed by atoms with Gasteiger partial charge in [0.2, 0.25) is 0 Å².